The van der Waals surface area contributed by atoms with E-state index in [0.29, 0.717) is 6.04 Å². The maximum absolute atomic E-state index is 4.12. The monoisotopic (exact) mass is 243 g/mol. The van der Waals surface area contributed by atoms with Crippen molar-refractivity contribution in [3.63, 3.8) is 0 Å². The lowest BCUT2D eigenvalue weighted by Gasteiger charge is -2.34. The minimum Gasteiger partial charge on any atom is -0.381 e. The molecule has 1 saturated carbocycles. The lowest BCUT2D eigenvalue weighted by molar-refractivity contribution is 0.281. The summed E-state index contributed by atoms with van der Waals surface area (Å²) >= 11 is 0. The van der Waals surface area contributed by atoms with Gasteiger partial charge >= 0.3 is 0 Å². The van der Waals surface area contributed by atoms with Gasteiger partial charge in [0.25, 0.3) is 0 Å². The van der Waals surface area contributed by atoms with Crippen LogP contribution in [0.5, 0.6) is 0 Å². The highest BCUT2D eigenvalue weighted by Crippen LogP contribution is 2.32. The molecule has 1 aliphatic carbocycles. The van der Waals surface area contributed by atoms with E-state index >= 15 is 0 Å². The molecule has 1 heterocycles. The highest BCUT2D eigenvalue weighted by atomic mass is 15.1. The Morgan fingerprint density at radius 2 is 2.17 bits per heavy atom. The zero-order valence-corrected chi connectivity index (χ0v) is 11.1. The lowest BCUT2D eigenvalue weighted by Crippen LogP contribution is -2.33. The van der Waals surface area contributed by atoms with Crippen LogP contribution >= 0.6 is 0 Å². The number of hydrogen-bond donors (Lipinski definition) is 2. The van der Waals surface area contributed by atoms with Crippen molar-refractivity contribution in [3.8, 4) is 0 Å². The minimum atomic E-state index is 0.592. The summed E-state index contributed by atoms with van der Waals surface area (Å²) in [5.41, 5.74) is 2.32. The number of fused-ring (bicyclic) bond motifs is 1. The molecule has 1 aromatic carbocycles. The quantitative estimate of drug-likeness (QED) is 0.842. The van der Waals surface area contributed by atoms with Crippen LogP contribution in [0, 0.1) is 11.8 Å². The SMILES string of the molecule is CC1CCC(C)C(Nc2cccc3[nH]ncc23)C1. The van der Waals surface area contributed by atoms with Crippen molar-refractivity contribution in [1.29, 1.82) is 0 Å². The Kier molecular flexibility index (Phi) is 2.98. The van der Waals surface area contributed by atoms with Crippen molar-refractivity contribution in [2.45, 2.75) is 39.2 Å². The highest BCUT2D eigenvalue weighted by molar-refractivity contribution is 5.90. The number of rotatable bonds is 2. The van der Waals surface area contributed by atoms with Gasteiger partial charge in [0.15, 0.2) is 0 Å². The van der Waals surface area contributed by atoms with Crippen LogP contribution in [0.4, 0.5) is 5.69 Å². The largest absolute Gasteiger partial charge is 0.381 e. The van der Waals surface area contributed by atoms with E-state index in [9.17, 15) is 0 Å². The standard InChI is InChI=1S/C15H21N3/c1-10-6-7-11(2)15(8-10)17-13-4-3-5-14-12(13)9-16-18-14/h3-5,9-11,15,17H,6-8H2,1-2H3,(H,16,18). The summed E-state index contributed by atoms with van der Waals surface area (Å²) in [4.78, 5) is 0. The van der Waals surface area contributed by atoms with E-state index in [1.165, 1.54) is 30.3 Å². The van der Waals surface area contributed by atoms with Crippen molar-refractivity contribution in [2.75, 3.05) is 5.32 Å². The van der Waals surface area contributed by atoms with Gasteiger partial charge in [0.05, 0.1) is 11.7 Å². The molecule has 1 aliphatic rings. The van der Waals surface area contributed by atoms with Gasteiger partial charge in [-0.2, -0.15) is 5.10 Å². The van der Waals surface area contributed by atoms with Gasteiger partial charge in [0.1, 0.15) is 0 Å². The van der Waals surface area contributed by atoms with Gasteiger partial charge in [-0.25, -0.2) is 0 Å². The fourth-order valence-electron chi connectivity index (χ4n) is 3.03. The predicted octanol–water partition coefficient (Wildman–Crippen LogP) is 3.80. The van der Waals surface area contributed by atoms with E-state index in [1.54, 1.807) is 0 Å². The number of anilines is 1. The first-order valence-corrected chi connectivity index (χ1v) is 6.92. The molecule has 3 rings (SSSR count). The summed E-state index contributed by atoms with van der Waals surface area (Å²) in [7, 11) is 0. The number of aromatic nitrogens is 2. The molecule has 3 unspecified atom stereocenters. The number of nitrogens with one attached hydrogen (secondary N) is 2. The average Bonchev–Trinajstić information content (AvgIpc) is 2.83. The van der Waals surface area contributed by atoms with Gasteiger partial charge in [-0.1, -0.05) is 26.3 Å². The second-order valence-corrected chi connectivity index (χ2v) is 5.78. The Hall–Kier alpha value is -1.51. The number of aromatic amines is 1. The Morgan fingerprint density at radius 3 is 3.06 bits per heavy atom. The van der Waals surface area contributed by atoms with Gasteiger partial charge in [0.2, 0.25) is 0 Å². The normalized spacial score (nSPS) is 28.4. The fraction of sp³-hybridized carbons (Fsp3) is 0.533. The molecule has 0 saturated heterocycles. The van der Waals surface area contributed by atoms with Gasteiger partial charge in [-0.3, -0.25) is 5.10 Å². The molecule has 18 heavy (non-hydrogen) atoms. The van der Waals surface area contributed by atoms with Gasteiger partial charge in [-0.05, 0) is 36.8 Å². The van der Waals surface area contributed by atoms with Crippen molar-refractivity contribution in [3.05, 3.63) is 24.4 Å². The van der Waals surface area contributed by atoms with Crippen molar-refractivity contribution in [1.82, 2.24) is 10.2 Å². The van der Waals surface area contributed by atoms with Crippen LogP contribution in [0.3, 0.4) is 0 Å². The molecule has 0 amide bonds. The third kappa shape index (κ3) is 2.09. The predicted molar refractivity (Wildman–Crippen MR) is 75.7 cm³/mol. The highest BCUT2D eigenvalue weighted by Gasteiger charge is 2.25. The molecule has 2 aromatic rings. The summed E-state index contributed by atoms with van der Waals surface area (Å²) in [5, 5.41) is 12.1. The molecule has 3 heteroatoms. The average molecular weight is 243 g/mol. The third-order valence-electron chi connectivity index (χ3n) is 4.28. The van der Waals surface area contributed by atoms with Gasteiger partial charge < -0.3 is 5.32 Å². The zero-order valence-electron chi connectivity index (χ0n) is 11.1. The minimum absolute atomic E-state index is 0.592. The van der Waals surface area contributed by atoms with Gasteiger partial charge in [0, 0.05) is 17.1 Å². The lowest BCUT2D eigenvalue weighted by atomic mass is 9.80. The van der Waals surface area contributed by atoms with Crippen molar-refractivity contribution >= 4 is 16.6 Å². The molecule has 1 aromatic heterocycles. The van der Waals surface area contributed by atoms with Crippen LogP contribution in [-0.4, -0.2) is 16.2 Å². The van der Waals surface area contributed by atoms with Crippen LogP contribution < -0.4 is 5.32 Å². The smallest absolute Gasteiger partial charge is 0.0671 e. The molecule has 3 nitrogen and oxygen atoms in total. The third-order valence-corrected chi connectivity index (χ3v) is 4.28. The Labute approximate surface area is 108 Å². The Bertz CT molecular complexity index is 531. The number of nitrogens with zero attached hydrogens (tertiary/aromatic N) is 1. The zero-order chi connectivity index (χ0) is 12.5. The summed E-state index contributed by atoms with van der Waals surface area (Å²) in [6.45, 7) is 4.72. The van der Waals surface area contributed by atoms with Gasteiger partial charge in [-0.15, -0.1) is 0 Å². The molecule has 3 atom stereocenters. The van der Waals surface area contributed by atoms with Crippen LogP contribution in [-0.2, 0) is 0 Å². The first-order chi connectivity index (χ1) is 8.74. The first kappa shape index (κ1) is 11.6. The van der Waals surface area contributed by atoms with E-state index in [2.05, 4.69) is 47.6 Å². The molecule has 0 aliphatic heterocycles. The topological polar surface area (TPSA) is 40.7 Å². The van der Waals surface area contributed by atoms with Crippen LogP contribution in [0.25, 0.3) is 10.9 Å². The molecular formula is C15H21N3. The number of benzene rings is 1. The van der Waals surface area contributed by atoms with E-state index in [-0.39, 0.29) is 0 Å². The summed E-state index contributed by atoms with van der Waals surface area (Å²) in [5.74, 6) is 1.59. The Morgan fingerprint density at radius 1 is 1.28 bits per heavy atom. The molecule has 2 N–H and O–H groups in total. The van der Waals surface area contributed by atoms with E-state index in [1.807, 2.05) is 6.20 Å². The van der Waals surface area contributed by atoms with Crippen LogP contribution in [0.15, 0.2) is 24.4 Å². The first-order valence-electron chi connectivity index (χ1n) is 6.92. The summed E-state index contributed by atoms with van der Waals surface area (Å²) < 4.78 is 0. The van der Waals surface area contributed by atoms with Crippen LogP contribution in [0.1, 0.15) is 33.1 Å². The second-order valence-electron chi connectivity index (χ2n) is 5.78. The molecule has 0 radical (unpaired) electrons. The van der Waals surface area contributed by atoms with Crippen LogP contribution in [0.2, 0.25) is 0 Å². The van der Waals surface area contributed by atoms with Crippen molar-refractivity contribution < 1.29 is 0 Å². The summed E-state index contributed by atoms with van der Waals surface area (Å²) in [6, 6.07) is 6.90. The summed E-state index contributed by atoms with van der Waals surface area (Å²) in [6.07, 6.45) is 5.89. The molecule has 1 fully saturated rings. The number of H-pyrrole nitrogens is 1. The molecule has 0 spiro atoms. The Balaban J connectivity index is 1.85. The number of hydrogen-bond acceptors (Lipinski definition) is 2. The maximum Gasteiger partial charge on any atom is 0.0671 e. The molecule has 0 bridgehead atoms. The molecule has 96 valence electrons. The van der Waals surface area contributed by atoms with E-state index in [0.717, 1.165) is 17.4 Å². The fourth-order valence-corrected chi connectivity index (χ4v) is 3.03. The van der Waals surface area contributed by atoms with Crippen molar-refractivity contribution in [2.24, 2.45) is 11.8 Å². The second kappa shape index (κ2) is 4.63. The maximum atomic E-state index is 4.12. The van der Waals surface area contributed by atoms with E-state index in [4.69, 9.17) is 0 Å². The van der Waals surface area contributed by atoms with E-state index < -0.39 is 0 Å². The molecular weight excluding hydrogens is 222 g/mol.